The molecule has 1 unspecified atom stereocenters. The topological polar surface area (TPSA) is 62.3 Å². The Kier molecular flexibility index (Phi) is 3.83. The molecule has 0 aliphatic rings. The third-order valence-electron chi connectivity index (χ3n) is 3.88. The number of hydrogen-bond acceptors (Lipinski definition) is 2. The van der Waals surface area contributed by atoms with E-state index in [0.717, 1.165) is 27.8 Å². The molecule has 112 valence electrons. The van der Waals surface area contributed by atoms with Crippen LogP contribution in [0.15, 0.2) is 54.7 Å². The standard InChI is InChI=1S/C18H17NO3/c1-22-13-7-8-17-15(9-13)16(11-19-17)14(10-18(20)21)12-5-3-2-4-6-12/h2-9,11,14,19H,10H2,1H3,(H,20,21). The fourth-order valence-electron chi connectivity index (χ4n) is 2.80. The molecular weight excluding hydrogens is 278 g/mol. The summed E-state index contributed by atoms with van der Waals surface area (Å²) in [4.78, 5) is 14.5. The van der Waals surface area contributed by atoms with Crippen LogP contribution < -0.4 is 4.74 Å². The Balaban J connectivity index is 2.13. The molecule has 0 amide bonds. The monoisotopic (exact) mass is 295 g/mol. The van der Waals surface area contributed by atoms with Crippen LogP contribution in [0.4, 0.5) is 0 Å². The lowest BCUT2D eigenvalue weighted by Gasteiger charge is -2.15. The number of aromatic nitrogens is 1. The first-order valence-corrected chi connectivity index (χ1v) is 7.11. The van der Waals surface area contributed by atoms with Crippen LogP contribution >= 0.6 is 0 Å². The molecule has 2 aromatic carbocycles. The molecule has 3 aromatic rings. The first-order chi connectivity index (χ1) is 10.7. The van der Waals surface area contributed by atoms with Gasteiger partial charge in [-0.05, 0) is 29.3 Å². The summed E-state index contributed by atoms with van der Waals surface area (Å²) < 4.78 is 5.28. The van der Waals surface area contributed by atoms with E-state index in [1.165, 1.54) is 0 Å². The largest absolute Gasteiger partial charge is 0.497 e. The van der Waals surface area contributed by atoms with Crippen LogP contribution in [0, 0.1) is 0 Å². The number of methoxy groups -OCH3 is 1. The fraction of sp³-hybridized carbons (Fsp3) is 0.167. The molecule has 0 aliphatic heterocycles. The molecule has 1 aromatic heterocycles. The van der Waals surface area contributed by atoms with Gasteiger partial charge in [-0.3, -0.25) is 4.79 Å². The molecule has 3 rings (SSSR count). The summed E-state index contributed by atoms with van der Waals surface area (Å²) >= 11 is 0. The predicted molar refractivity (Wildman–Crippen MR) is 85.4 cm³/mol. The van der Waals surface area contributed by atoms with Crippen molar-refractivity contribution in [2.75, 3.05) is 7.11 Å². The molecule has 0 aliphatic carbocycles. The second-order valence-electron chi connectivity index (χ2n) is 5.22. The van der Waals surface area contributed by atoms with E-state index in [0.29, 0.717) is 0 Å². The summed E-state index contributed by atoms with van der Waals surface area (Å²) in [6, 6.07) is 15.5. The minimum Gasteiger partial charge on any atom is -0.497 e. The highest BCUT2D eigenvalue weighted by atomic mass is 16.5. The lowest BCUT2D eigenvalue weighted by atomic mass is 9.88. The van der Waals surface area contributed by atoms with Gasteiger partial charge < -0.3 is 14.8 Å². The summed E-state index contributed by atoms with van der Waals surface area (Å²) in [6.45, 7) is 0. The highest BCUT2D eigenvalue weighted by Gasteiger charge is 2.21. The number of carboxylic acids is 1. The molecule has 0 radical (unpaired) electrons. The molecular formula is C18H17NO3. The molecule has 1 heterocycles. The van der Waals surface area contributed by atoms with Crippen LogP contribution in [0.25, 0.3) is 10.9 Å². The minimum atomic E-state index is -0.814. The van der Waals surface area contributed by atoms with Gasteiger partial charge in [0.25, 0.3) is 0 Å². The number of aromatic amines is 1. The number of H-pyrrole nitrogens is 1. The van der Waals surface area contributed by atoms with Gasteiger partial charge >= 0.3 is 5.97 Å². The normalized spacial score (nSPS) is 12.2. The average molecular weight is 295 g/mol. The predicted octanol–water partition coefficient (Wildman–Crippen LogP) is 3.78. The number of ether oxygens (including phenoxy) is 1. The maximum atomic E-state index is 11.3. The van der Waals surface area contributed by atoms with Gasteiger partial charge in [0, 0.05) is 23.0 Å². The lowest BCUT2D eigenvalue weighted by Crippen LogP contribution is -2.07. The highest BCUT2D eigenvalue weighted by molar-refractivity contribution is 5.86. The molecule has 2 N–H and O–H groups in total. The summed E-state index contributed by atoms with van der Waals surface area (Å²) in [5, 5.41) is 10.3. The zero-order chi connectivity index (χ0) is 15.5. The number of nitrogens with one attached hydrogen (secondary N) is 1. The number of hydrogen-bond donors (Lipinski definition) is 2. The first-order valence-electron chi connectivity index (χ1n) is 7.11. The molecule has 0 saturated heterocycles. The zero-order valence-corrected chi connectivity index (χ0v) is 12.2. The van der Waals surface area contributed by atoms with Crippen LogP contribution in [0.1, 0.15) is 23.5 Å². The zero-order valence-electron chi connectivity index (χ0n) is 12.2. The van der Waals surface area contributed by atoms with Crippen LogP contribution in [-0.4, -0.2) is 23.2 Å². The summed E-state index contributed by atoms with van der Waals surface area (Å²) in [5.74, 6) is -0.249. The number of benzene rings is 2. The molecule has 22 heavy (non-hydrogen) atoms. The van der Waals surface area contributed by atoms with Gasteiger partial charge in [0.1, 0.15) is 5.75 Å². The maximum Gasteiger partial charge on any atom is 0.304 e. The van der Waals surface area contributed by atoms with E-state index in [-0.39, 0.29) is 12.3 Å². The summed E-state index contributed by atoms with van der Waals surface area (Å²) in [6.07, 6.45) is 1.94. The van der Waals surface area contributed by atoms with Gasteiger partial charge in [0.15, 0.2) is 0 Å². The molecule has 4 heteroatoms. The van der Waals surface area contributed by atoms with Crippen molar-refractivity contribution in [2.24, 2.45) is 0 Å². The lowest BCUT2D eigenvalue weighted by molar-refractivity contribution is -0.137. The first kappa shape index (κ1) is 14.2. The van der Waals surface area contributed by atoms with Gasteiger partial charge in [-0.1, -0.05) is 30.3 Å². The quantitative estimate of drug-likeness (QED) is 0.753. The van der Waals surface area contributed by atoms with Crippen molar-refractivity contribution in [1.29, 1.82) is 0 Å². The summed E-state index contributed by atoms with van der Waals surface area (Å²) in [5.41, 5.74) is 2.94. The molecule has 4 nitrogen and oxygen atoms in total. The van der Waals surface area contributed by atoms with Crippen molar-refractivity contribution < 1.29 is 14.6 Å². The van der Waals surface area contributed by atoms with E-state index in [9.17, 15) is 9.90 Å². The van der Waals surface area contributed by atoms with E-state index in [1.807, 2.05) is 54.7 Å². The van der Waals surface area contributed by atoms with E-state index < -0.39 is 5.97 Å². The van der Waals surface area contributed by atoms with Crippen molar-refractivity contribution in [3.63, 3.8) is 0 Å². The SMILES string of the molecule is COc1ccc2[nH]cc(C(CC(=O)O)c3ccccc3)c2c1. The molecule has 1 atom stereocenters. The molecule has 0 spiro atoms. The Morgan fingerprint density at radius 2 is 2.00 bits per heavy atom. The fourth-order valence-corrected chi connectivity index (χ4v) is 2.80. The van der Waals surface area contributed by atoms with Crippen molar-refractivity contribution in [3.8, 4) is 5.75 Å². The van der Waals surface area contributed by atoms with Gasteiger partial charge in [-0.2, -0.15) is 0 Å². The third-order valence-corrected chi connectivity index (χ3v) is 3.88. The van der Waals surface area contributed by atoms with Gasteiger partial charge in [-0.25, -0.2) is 0 Å². The van der Waals surface area contributed by atoms with Gasteiger partial charge in [0.05, 0.1) is 13.5 Å². The van der Waals surface area contributed by atoms with Crippen LogP contribution in [-0.2, 0) is 4.79 Å². The Hall–Kier alpha value is -2.75. The maximum absolute atomic E-state index is 11.3. The number of carbonyl (C=O) groups is 1. The Morgan fingerprint density at radius 3 is 2.68 bits per heavy atom. The highest BCUT2D eigenvalue weighted by Crippen LogP contribution is 2.34. The Bertz CT molecular complexity index is 792. The van der Waals surface area contributed by atoms with Crippen molar-refractivity contribution in [3.05, 3.63) is 65.9 Å². The minimum absolute atomic E-state index is 0.0498. The van der Waals surface area contributed by atoms with Gasteiger partial charge in [0.2, 0.25) is 0 Å². The van der Waals surface area contributed by atoms with E-state index >= 15 is 0 Å². The number of rotatable bonds is 5. The number of carboxylic acid groups (broad SMARTS) is 1. The van der Waals surface area contributed by atoms with Crippen LogP contribution in [0.3, 0.4) is 0 Å². The van der Waals surface area contributed by atoms with E-state index in [2.05, 4.69) is 4.98 Å². The number of aliphatic carboxylic acids is 1. The molecule has 0 fully saturated rings. The van der Waals surface area contributed by atoms with E-state index in [1.54, 1.807) is 7.11 Å². The van der Waals surface area contributed by atoms with Crippen LogP contribution in [0.5, 0.6) is 5.75 Å². The van der Waals surface area contributed by atoms with Crippen molar-refractivity contribution in [2.45, 2.75) is 12.3 Å². The second kappa shape index (κ2) is 5.93. The van der Waals surface area contributed by atoms with Crippen molar-refractivity contribution >= 4 is 16.9 Å². The average Bonchev–Trinajstić information content (AvgIpc) is 2.96. The Labute approximate surface area is 128 Å². The Morgan fingerprint density at radius 1 is 1.23 bits per heavy atom. The molecule has 0 saturated carbocycles. The van der Waals surface area contributed by atoms with Crippen LogP contribution in [0.2, 0.25) is 0 Å². The van der Waals surface area contributed by atoms with E-state index in [4.69, 9.17) is 4.74 Å². The third kappa shape index (κ3) is 2.68. The smallest absolute Gasteiger partial charge is 0.304 e. The summed E-state index contributed by atoms with van der Waals surface area (Å²) in [7, 11) is 1.62. The second-order valence-corrected chi connectivity index (χ2v) is 5.22. The number of fused-ring (bicyclic) bond motifs is 1. The molecule has 0 bridgehead atoms. The van der Waals surface area contributed by atoms with Gasteiger partial charge in [-0.15, -0.1) is 0 Å². The van der Waals surface area contributed by atoms with Crippen molar-refractivity contribution in [1.82, 2.24) is 4.98 Å².